The van der Waals surface area contributed by atoms with Crippen LogP contribution in [0.25, 0.3) is 0 Å². The van der Waals surface area contributed by atoms with Crippen molar-refractivity contribution in [1.29, 1.82) is 0 Å². The van der Waals surface area contributed by atoms with Gasteiger partial charge in [0, 0.05) is 23.8 Å². The number of benzene rings is 2. The average Bonchev–Trinajstić information content (AvgIpc) is 2.56. The van der Waals surface area contributed by atoms with Crippen molar-refractivity contribution in [3.63, 3.8) is 0 Å². The number of nitrogens with one attached hydrogen (secondary N) is 1. The SMILES string of the molecule is CC[C@@H](C)c1ccc(NC(=O)N(C)Cc2ccc(Br)cc2)cc1. The highest BCUT2D eigenvalue weighted by atomic mass is 79.9. The van der Waals surface area contributed by atoms with Crippen molar-refractivity contribution in [2.24, 2.45) is 0 Å². The van der Waals surface area contributed by atoms with Gasteiger partial charge in [-0.25, -0.2) is 4.79 Å². The summed E-state index contributed by atoms with van der Waals surface area (Å²) in [7, 11) is 1.80. The number of hydrogen-bond acceptors (Lipinski definition) is 1. The highest BCUT2D eigenvalue weighted by molar-refractivity contribution is 9.10. The van der Waals surface area contributed by atoms with E-state index in [4.69, 9.17) is 0 Å². The molecular formula is C19H23BrN2O. The van der Waals surface area contributed by atoms with Gasteiger partial charge in [-0.2, -0.15) is 0 Å². The lowest BCUT2D eigenvalue weighted by Crippen LogP contribution is -2.30. The predicted molar refractivity (Wildman–Crippen MR) is 99.8 cm³/mol. The number of hydrogen-bond donors (Lipinski definition) is 1. The standard InChI is InChI=1S/C19H23BrN2O/c1-4-14(2)16-7-11-18(12-8-16)21-19(23)22(3)13-15-5-9-17(20)10-6-15/h5-12,14H,4,13H2,1-3H3,(H,21,23)/t14-/m1/s1. The average molecular weight is 375 g/mol. The molecule has 0 aliphatic rings. The molecule has 122 valence electrons. The van der Waals surface area contributed by atoms with E-state index in [0.717, 1.165) is 22.1 Å². The maximum absolute atomic E-state index is 12.3. The van der Waals surface area contributed by atoms with Crippen LogP contribution in [0, 0.1) is 0 Å². The normalized spacial score (nSPS) is 11.8. The summed E-state index contributed by atoms with van der Waals surface area (Å²) < 4.78 is 1.04. The highest BCUT2D eigenvalue weighted by Gasteiger charge is 2.10. The van der Waals surface area contributed by atoms with E-state index in [9.17, 15) is 4.79 Å². The van der Waals surface area contributed by atoms with Crippen LogP contribution in [0.1, 0.15) is 37.3 Å². The Kier molecular flexibility index (Phi) is 6.22. The van der Waals surface area contributed by atoms with Crippen molar-refractivity contribution in [3.05, 3.63) is 64.1 Å². The molecule has 0 radical (unpaired) electrons. The van der Waals surface area contributed by atoms with Crippen LogP contribution in [-0.2, 0) is 6.54 Å². The Hall–Kier alpha value is -1.81. The van der Waals surface area contributed by atoms with Gasteiger partial charge in [-0.15, -0.1) is 0 Å². The molecule has 0 fully saturated rings. The first-order chi connectivity index (χ1) is 11.0. The predicted octanol–water partition coefficient (Wildman–Crippen LogP) is 5.63. The number of halogens is 1. The van der Waals surface area contributed by atoms with Gasteiger partial charge in [0.15, 0.2) is 0 Å². The van der Waals surface area contributed by atoms with Crippen molar-refractivity contribution in [2.45, 2.75) is 32.7 Å². The highest BCUT2D eigenvalue weighted by Crippen LogP contribution is 2.20. The lowest BCUT2D eigenvalue weighted by molar-refractivity contribution is 0.220. The molecule has 0 unspecified atom stereocenters. The fourth-order valence-corrected chi connectivity index (χ4v) is 2.55. The number of carbonyl (C=O) groups excluding carboxylic acids is 1. The van der Waals surface area contributed by atoms with Crippen molar-refractivity contribution >= 4 is 27.6 Å². The second-order valence-corrected chi connectivity index (χ2v) is 6.76. The van der Waals surface area contributed by atoms with E-state index in [0.29, 0.717) is 12.5 Å². The molecule has 0 aromatic heterocycles. The van der Waals surface area contributed by atoms with Crippen LogP contribution >= 0.6 is 15.9 Å². The first-order valence-electron chi connectivity index (χ1n) is 7.86. The third-order valence-corrected chi connectivity index (χ3v) is 4.55. The Bertz CT molecular complexity index is 637. The Morgan fingerprint density at radius 1 is 1.13 bits per heavy atom. The van der Waals surface area contributed by atoms with Crippen LogP contribution in [0.2, 0.25) is 0 Å². The van der Waals surface area contributed by atoms with Gasteiger partial charge in [0.05, 0.1) is 0 Å². The number of carbonyl (C=O) groups is 1. The quantitative estimate of drug-likeness (QED) is 0.722. The van der Waals surface area contributed by atoms with Gasteiger partial charge in [-0.1, -0.05) is 54.0 Å². The van der Waals surface area contributed by atoms with Gasteiger partial charge in [0.2, 0.25) is 0 Å². The number of anilines is 1. The topological polar surface area (TPSA) is 32.3 Å². The number of nitrogens with zero attached hydrogens (tertiary/aromatic N) is 1. The summed E-state index contributed by atoms with van der Waals surface area (Å²) in [4.78, 5) is 13.9. The van der Waals surface area contributed by atoms with Crippen molar-refractivity contribution in [1.82, 2.24) is 4.90 Å². The molecule has 2 amide bonds. The maximum Gasteiger partial charge on any atom is 0.321 e. The molecule has 2 aromatic carbocycles. The molecule has 0 spiro atoms. The van der Waals surface area contributed by atoms with Gasteiger partial charge < -0.3 is 10.2 Å². The third kappa shape index (κ3) is 5.10. The first-order valence-corrected chi connectivity index (χ1v) is 8.65. The summed E-state index contributed by atoms with van der Waals surface area (Å²) in [5, 5.41) is 2.94. The summed E-state index contributed by atoms with van der Waals surface area (Å²) >= 11 is 3.41. The molecule has 0 bridgehead atoms. The molecule has 0 saturated heterocycles. The van der Waals surface area contributed by atoms with Crippen molar-refractivity contribution in [2.75, 3.05) is 12.4 Å². The summed E-state index contributed by atoms with van der Waals surface area (Å²) in [5.74, 6) is 0.542. The van der Waals surface area contributed by atoms with Crippen LogP contribution in [0.3, 0.4) is 0 Å². The molecule has 23 heavy (non-hydrogen) atoms. The summed E-state index contributed by atoms with van der Waals surface area (Å²) in [6.07, 6.45) is 1.11. The van der Waals surface area contributed by atoms with E-state index in [1.54, 1.807) is 11.9 Å². The smallest absolute Gasteiger partial charge is 0.321 e. The van der Waals surface area contributed by atoms with Crippen LogP contribution in [0.4, 0.5) is 10.5 Å². The maximum atomic E-state index is 12.3. The zero-order valence-corrected chi connectivity index (χ0v) is 15.4. The molecule has 2 aromatic rings. The first kappa shape index (κ1) is 17.5. The number of urea groups is 1. The third-order valence-electron chi connectivity index (χ3n) is 4.02. The van der Waals surface area contributed by atoms with E-state index >= 15 is 0 Å². The molecule has 2 rings (SSSR count). The largest absolute Gasteiger partial charge is 0.323 e. The minimum absolute atomic E-state index is 0.107. The zero-order valence-electron chi connectivity index (χ0n) is 13.8. The molecule has 1 atom stereocenters. The van der Waals surface area contributed by atoms with Gasteiger partial charge >= 0.3 is 6.03 Å². The van der Waals surface area contributed by atoms with Gasteiger partial charge in [-0.05, 0) is 47.7 Å². The molecule has 1 N–H and O–H groups in total. The van der Waals surface area contributed by atoms with Crippen LogP contribution in [0.15, 0.2) is 53.0 Å². The van der Waals surface area contributed by atoms with Crippen LogP contribution < -0.4 is 5.32 Å². The van der Waals surface area contributed by atoms with E-state index in [-0.39, 0.29) is 6.03 Å². The Balaban J connectivity index is 1.93. The second kappa shape index (κ2) is 8.16. The van der Waals surface area contributed by atoms with Crippen LogP contribution in [-0.4, -0.2) is 18.0 Å². The number of amides is 2. The lowest BCUT2D eigenvalue weighted by atomic mass is 9.99. The summed E-state index contributed by atoms with van der Waals surface area (Å²) in [6, 6.07) is 16.0. The minimum Gasteiger partial charge on any atom is -0.323 e. The Morgan fingerprint density at radius 2 is 1.74 bits per heavy atom. The fraction of sp³-hybridized carbons (Fsp3) is 0.316. The second-order valence-electron chi connectivity index (χ2n) is 5.84. The molecule has 0 aliphatic carbocycles. The molecule has 0 aliphatic heterocycles. The molecule has 3 nitrogen and oxygen atoms in total. The van der Waals surface area contributed by atoms with Crippen molar-refractivity contribution in [3.8, 4) is 0 Å². The van der Waals surface area contributed by atoms with Gasteiger partial charge in [0.25, 0.3) is 0 Å². The van der Waals surface area contributed by atoms with E-state index in [1.807, 2.05) is 36.4 Å². The molecule has 0 heterocycles. The summed E-state index contributed by atoms with van der Waals surface area (Å²) in [5.41, 5.74) is 3.22. The van der Waals surface area contributed by atoms with Crippen LogP contribution in [0.5, 0.6) is 0 Å². The van der Waals surface area contributed by atoms with E-state index < -0.39 is 0 Å². The molecule has 0 saturated carbocycles. The monoisotopic (exact) mass is 374 g/mol. The fourth-order valence-electron chi connectivity index (χ4n) is 2.29. The lowest BCUT2D eigenvalue weighted by Gasteiger charge is -2.18. The van der Waals surface area contributed by atoms with Gasteiger partial charge in [-0.3, -0.25) is 0 Å². The summed E-state index contributed by atoms with van der Waals surface area (Å²) in [6.45, 7) is 4.96. The Labute approximate surface area is 146 Å². The zero-order chi connectivity index (χ0) is 16.8. The molecular weight excluding hydrogens is 352 g/mol. The van der Waals surface area contributed by atoms with Crippen molar-refractivity contribution < 1.29 is 4.79 Å². The van der Waals surface area contributed by atoms with E-state index in [2.05, 4.69) is 47.2 Å². The molecule has 4 heteroatoms. The van der Waals surface area contributed by atoms with Gasteiger partial charge in [0.1, 0.15) is 0 Å². The minimum atomic E-state index is -0.107. The Morgan fingerprint density at radius 3 is 2.30 bits per heavy atom. The number of rotatable bonds is 5. The van der Waals surface area contributed by atoms with E-state index in [1.165, 1.54) is 5.56 Å².